The van der Waals surface area contributed by atoms with Gasteiger partial charge >= 0.3 is 5.97 Å². The average molecular weight is 190 g/mol. The maximum atomic E-state index is 13.1. The van der Waals surface area contributed by atoms with Gasteiger partial charge in [0.2, 0.25) is 5.83 Å². The lowest BCUT2D eigenvalue weighted by Crippen LogP contribution is -2.10. The van der Waals surface area contributed by atoms with Crippen molar-refractivity contribution in [3.8, 4) is 0 Å². The quantitative estimate of drug-likeness (QED) is 0.680. The van der Waals surface area contributed by atoms with Gasteiger partial charge in [0, 0.05) is 5.92 Å². The number of halogens is 2. The van der Waals surface area contributed by atoms with Crippen LogP contribution in [0.5, 0.6) is 0 Å². The van der Waals surface area contributed by atoms with Crippen LogP contribution in [0.4, 0.5) is 8.78 Å². The van der Waals surface area contributed by atoms with E-state index in [0.29, 0.717) is 12.8 Å². The van der Waals surface area contributed by atoms with Gasteiger partial charge in [-0.1, -0.05) is 19.3 Å². The summed E-state index contributed by atoms with van der Waals surface area (Å²) >= 11 is 0. The normalized spacial score (nSPS) is 21.1. The number of hydrogen-bond acceptors (Lipinski definition) is 1. The van der Waals surface area contributed by atoms with Crippen LogP contribution < -0.4 is 0 Å². The van der Waals surface area contributed by atoms with Crippen molar-refractivity contribution in [2.75, 3.05) is 0 Å². The average Bonchev–Trinajstić information content (AvgIpc) is 2.17. The fraction of sp³-hybridized carbons (Fsp3) is 0.667. The van der Waals surface area contributed by atoms with E-state index >= 15 is 0 Å². The van der Waals surface area contributed by atoms with E-state index < -0.39 is 23.5 Å². The molecule has 0 aromatic heterocycles. The molecular formula is C9H12F2O2. The number of carboxylic acid groups (broad SMARTS) is 1. The van der Waals surface area contributed by atoms with Gasteiger partial charge in [0.05, 0.1) is 0 Å². The lowest BCUT2D eigenvalue weighted by Gasteiger charge is -2.19. The van der Waals surface area contributed by atoms with Gasteiger partial charge in [0.1, 0.15) is 5.83 Å². The molecule has 0 atom stereocenters. The van der Waals surface area contributed by atoms with Crippen LogP contribution in [0.1, 0.15) is 32.1 Å². The van der Waals surface area contributed by atoms with E-state index in [-0.39, 0.29) is 0 Å². The molecule has 0 radical (unpaired) electrons. The molecule has 0 aromatic rings. The molecule has 4 heteroatoms. The van der Waals surface area contributed by atoms with Gasteiger partial charge in [-0.05, 0) is 12.8 Å². The predicted molar refractivity (Wildman–Crippen MR) is 43.5 cm³/mol. The molecule has 0 bridgehead atoms. The van der Waals surface area contributed by atoms with Crippen molar-refractivity contribution >= 4 is 5.97 Å². The standard InChI is InChI=1S/C9H12F2O2/c10-7(8(11)9(12)13)6-4-2-1-3-5-6/h6H,1-5H2,(H,12,13). The Kier molecular flexibility index (Phi) is 3.39. The Labute approximate surface area is 75.3 Å². The van der Waals surface area contributed by atoms with Crippen molar-refractivity contribution in [2.24, 2.45) is 5.92 Å². The number of allylic oxidation sites excluding steroid dienone is 1. The van der Waals surface area contributed by atoms with Crippen molar-refractivity contribution in [3.05, 3.63) is 11.7 Å². The fourth-order valence-electron chi connectivity index (χ4n) is 1.64. The van der Waals surface area contributed by atoms with Gasteiger partial charge in [-0.2, -0.15) is 4.39 Å². The number of aliphatic carboxylic acids is 1. The van der Waals surface area contributed by atoms with Gasteiger partial charge in [-0.25, -0.2) is 9.18 Å². The highest BCUT2D eigenvalue weighted by molar-refractivity contribution is 5.84. The molecule has 0 saturated heterocycles. The summed E-state index contributed by atoms with van der Waals surface area (Å²) in [5, 5.41) is 8.21. The smallest absolute Gasteiger partial charge is 0.367 e. The zero-order valence-electron chi connectivity index (χ0n) is 7.22. The lowest BCUT2D eigenvalue weighted by molar-refractivity contribution is -0.134. The van der Waals surface area contributed by atoms with Crippen molar-refractivity contribution < 1.29 is 18.7 Å². The fourth-order valence-corrected chi connectivity index (χ4v) is 1.64. The number of rotatable bonds is 2. The largest absolute Gasteiger partial charge is 0.476 e. The number of carboxylic acids is 1. The molecule has 2 nitrogen and oxygen atoms in total. The van der Waals surface area contributed by atoms with E-state index in [1.54, 1.807) is 0 Å². The van der Waals surface area contributed by atoms with E-state index in [1.807, 2.05) is 0 Å². The summed E-state index contributed by atoms with van der Waals surface area (Å²) in [6, 6.07) is 0. The van der Waals surface area contributed by atoms with Crippen LogP contribution in [0.25, 0.3) is 0 Å². The van der Waals surface area contributed by atoms with Crippen LogP contribution in [-0.4, -0.2) is 11.1 Å². The Hall–Kier alpha value is -0.930. The Balaban J connectivity index is 2.68. The van der Waals surface area contributed by atoms with Crippen molar-refractivity contribution in [3.63, 3.8) is 0 Å². The molecule has 0 unspecified atom stereocenters. The molecule has 0 heterocycles. The molecule has 1 aliphatic carbocycles. The van der Waals surface area contributed by atoms with Gasteiger partial charge < -0.3 is 5.11 Å². The first kappa shape index (κ1) is 10.2. The van der Waals surface area contributed by atoms with Crippen LogP contribution in [-0.2, 0) is 4.79 Å². The highest BCUT2D eigenvalue weighted by Gasteiger charge is 2.24. The van der Waals surface area contributed by atoms with Gasteiger partial charge in [0.25, 0.3) is 0 Å². The summed E-state index contributed by atoms with van der Waals surface area (Å²) in [7, 11) is 0. The Morgan fingerprint density at radius 2 is 1.69 bits per heavy atom. The second-order valence-electron chi connectivity index (χ2n) is 3.30. The molecule has 1 rings (SSSR count). The summed E-state index contributed by atoms with van der Waals surface area (Å²) in [6.45, 7) is 0. The van der Waals surface area contributed by atoms with E-state index in [2.05, 4.69) is 0 Å². The van der Waals surface area contributed by atoms with Gasteiger partial charge in [-0.3, -0.25) is 0 Å². The van der Waals surface area contributed by atoms with Crippen LogP contribution in [0.15, 0.2) is 11.7 Å². The van der Waals surface area contributed by atoms with E-state index in [0.717, 1.165) is 19.3 Å². The van der Waals surface area contributed by atoms with E-state index in [1.165, 1.54) is 0 Å². The molecule has 13 heavy (non-hydrogen) atoms. The molecule has 1 fully saturated rings. The summed E-state index contributed by atoms with van der Waals surface area (Å²) in [4.78, 5) is 10.1. The maximum Gasteiger partial charge on any atom is 0.367 e. The van der Waals surface area contributed by atoms with Crippen LogP contribution in [0.2, 0.25) is 0 Å². The third kappa shape index (κ3) is 2.50. The van der Waals surface area contributed by atoms with Crippen LogP contribution >= 0.6 is 0 Å². The van der Waals surface area contributed by atoms with E-state index in [4.69, 9.17) is 5.11 Å². The van der Waals surface area contributed by atoms with Gasteiger partial charge in [0.15, 0.2) is 0 Å². The Morgan fingerprint density at radius 1 is 1.15 bits per heavy atom. The second-order valence-corrected chi connectivity index (χ2v) is 3.30. The monoisotopic (exact) mass is 190 g/mol. The molecular weight excluding hydrogens is 178 g/mol. The minimum atomic E-state index is -1.80. The molecule has 0 aliphatic heterocycles. The Morgan fingerprint density at radius 3 is 2.15 bits per heavy atom. The molecule has 1 saturated carbocycles. The SMILES string of the molecule is O=C(O)C(F)=C(F)C1CCCCC1. The van der Waals surface area contributed by atoms with Gasteiger partial charge in [-0.15, -0.1) is 0 Å². The summed E-state index contributed by atoms with van der Waals surface area (Å²) in [6.07, 6.45) is 3.85. The number of carbonyl (C=O) groups is 1. The highest BCUT2D eigenvalue weighted by atomic mass is 19.2. The topological polar surface area (TPSA) is 37.3 Å². The zero-order chi connectivity index (χ0) is 9.84. The van der Waals surface area contributed by atoms with Crippen LogP contribution in [0.3, 0.4) is 0 Å². The van der Waals surface area contributed by atoms with E-state index in [9.17, 15) is 13.6 Å². The molecule has 1 N–H and O–H groups in total. The molecule has 0 amide bonds. The van der Waals surface area contributed by atoms with Crippen LogP contribution in [0, 0.1) is 5.92 Å². The first-order chi connectivity index (χ1) is 6.13. The first-order valence-corrected chi connectivity index (χ1v) is 4.41. The maximum absolute atomic E-state index is 13.1. The van der Waals surface area contributed by atoms with Crippen molar-refractivity contribution in [1.82, 2.24) is 0 Å². The molecule has 1 aliphatic rings. The molecule has 74 valence electrons. The lowest BCUT2D eigenvalue weighted by atomic mass is 9.88. The second kappa shape index (κ2) is 4.35. The predicted octanol–water partition coefficient (Wildman–Crippen LogP) is 2.80. The highest BCUT2D eigenvalue weighted by Crippen LogP contribution is 2.32. The minimum Gasteiger partial charge on any atom is -0.476 e. The van der Waals surface area contributed by atoms with Crippen molar-refractivity contribution in [2.45, 2.75) is 32.1 Å². The van der Waals surface area contributed by atoms with Crippen molar-refractivity contribution in [1.29, 1.82) is 0 Å². The zero-order valence-corrected chi connectivity index (χ0v) is 7.22. The Bertz CT molecular complexity index is 230. The molecule has 0 spiro atoms. The third-order valence-corrected chi connectivity index (χ3v) is 2.36. The summed E-state index contributed by atoms with van der Waals surface area (Å²) in [5.41, 5.74) is 0. The molecule has 0 aromatic carbocycles. The third-order valence-electron chi connectivity index (χ3n) is 2.36. The minimum absolute atomic E-state index is 0.509. The summed E-state index contributed by atoms with van der Waals surface area (Å²) in [5.74, 6) is -5.01. The first-order valence-electron chi connectivity index (χ1n) is 4.41. The number of hydrogen-bond donors (Lipinski definition) is 1. The summed E-state index contributed by atoms with van der Waals surface area (Å²) < 4.78 is 25.7.